The van der Waals surface area contributed by atoms with Gasteiger partial charge < -0.3 is 15.5 Å². The Bertz CT molecular complexity index is 698. The Kier molecular flexibility index (Phi) is 5.75. The number of hydrogen-bond acceptors (Lipinski definition) is 5. The molecule has 0 saturated carbocycles. The van der Waals surface area contributed by atoms with Crippen LogP contribution in [0.2, 0.25) is 0 Å². The molecule has 1 unspecified atom stereocenters. The molecular formula is C17H18N2O5. The van der Waals surface area contributed by atoms with Crippen molar-refractivity contribution in [2.45, 2.75) is 18.9 Å². The highest BCUT2D eigenvalue weighted by Crippen LogP contribution is 2.26. The van der Waals surface area contributed by atoms with Gasteiger partial charge in [-0.25, -0.2) is 5.48 Å². The van der Waals surface area contributed by atoms with E-state index in [2.05, 4.69) is 5.32 Å². The summed E-state index contributed by atoms with van der Waals surface area (Å²) in [7, 11) is 0. The first-order valence-corrected chi connectivity index (χ1v) is 7.28. The van der Waals surface area contributed by atoms with Crippen molar-refractivity contribution >= 4 is 11.8 Å². The van der Waals surface area contributed by atoms with Gasteiger partial charge in [-0.2, -0.15) is 0 Å². The molecule has 5 N–H and O–H groups in total. The zero-order chi connectivity index (χ0) is 17.5. The first-order chi connectivity index (χ1) is 11.5. The van der Waals surface area contributed by atoms with Crippen LogP contribution >= 0.6 is 0 Å². The normalized spacial score (nSPS) is 11.5. The van der Waals surface area contributed by atoms with Crippen LogP contribution in [0.3, 0.4) is 0 Å². The molecule has 2 rings (SSSR count). The molecule has 7 nitrogen and oxygen atoms in total. The summed E-state index contributed by atoms with van der Waals surface area (Å²) in [5.74, 6) is -1.75. The van der Waals surface area contributed by atoms with E-state index >= 15 is 0 Å². The third kappa shape index (κ3) is 4.47. The maximum absolute atomic E-state index is 12.1. The highest BCUT2D eigenvalue weighted by Gasteiger charge is 2.22. The maximum atomic E-state index is 12.1. The Balaban J connectivity index is 2.08. The van der Waals surface area contributed by atoms with Crippen molar-refractivity contribution in [3.05, 3.63) is 59.7 Å². The molecule has 0 spiro atoms. The molecule has 0 aromatic heterocycles. The van der Waals surface area contributed by atoms with Crippen molar-refractivity contribution in [2.24, 2.45) is 0 Å². The monoisotopic (exact) mass is 330 g/mol. The third-order valence-electron chi connectivity index (χ3n) is 3.51. The van der Waals surface area contributed by atoms with Crippen molar-refractivity contribution in [3.63, 3.8) is 0 Å². The van der Waals surface area contributed by atoms with Crippen LogP contribution in [0.4, 0.5) is 0 Å². The first kappa shape index (κ1) is 17.3. The quantitative estimate of drug-likeness (QED) is 0.398. The van der Waals surface area contributed by atoms with Crippen LogP contribution in [0.1, 0.15) is 11.1 Å². The van der Waals surface area contributed by atoms with E-state index in [1.165, 1.54) is 23.7 Å². The van der Waals surface area contributed by atoms with E-state index in [9.17, 15) is 19.8 Å². The fraction of sp³-hybridized carbons (Fsp3) is 0.176. The van der Waals surface area contributed by atoms with E-state index in [1.54, 1.807) is 24.3 Å². The lowest BCUT2D eigenvalue weighted by molar-refractivity contribution is -0.134. The van der Waals surface area contributed by atoms with Crippen LogP contribution in [0, 0.1) is 0 Å². The van der Waals surface area contributed by atoms with Gasteiger partial charge in [0.25, 0.3) is 5.91 Å². The molecular weight excluding hydrogens is 312 g/mol. The number of amides is 2. The third-order valence-corrected chi connectivity index (χ3v) is 3.51. The zero-order valence-electron chi connectivity index (χ0n) is 12.8. The van der Waals surface area contributed by atoms with Crippen LogP contribution in [0.15, 0.2) is 48.5 Å². The van der Waals surface area contributed by atoms with E-state index in [0.29, 0.717) is 0 Å². The summed E-state index contributed by atoms with van der Waals surface area (Å²) < 4.78 is 0. The van der Waals surface area contributed by atoms with E-state index in [4.69, 9.17) is 5.21 Å². The number of phenolic OH excluding ortho intramolecular Hbond substituents is 2. The second kappa shape index (κ2) is 7.98. The summed E-state index contributed by atoms with van der Waals surface area (Å²) in [6, 6.07) is 12.2. The Labute approximate surface area is 138 Å². The molecule has 7 heteroatoms. The molecule has 2 aromatic carbocycles. The first-order valence-electron chi connectivity index (χ1n) is 7.28. The van der Waals surface area contributed by atoms with Crippen molar-refractivity contribution in [1.82, 2.24) is 10.8 Å². The minimum atomic E-state index is -0.988. The minimum absolute atomic E-state index is 0.0675. The summed E-state index contributed by atoms with van der Waals surface area (Å²) in [6.45, 7) is 0. The highest BCUT2D eigenvalue weighted by atomic mass is 16.5. The van der Waals surface area contributed by atoms with Gasteiger partial charge in [0.15, 0.2) is 0 Å². The number of hydroxylamine groups is 1. The van der Waals surface area contributed by atoms with E-state index < -0.39 is 17.9 Å². The van der Waals surface area contributed by atoms with Crippen molar-refractivity contribution in [3.8, 4) is 11.5 Å². The molecule has 24 heavy (non-hydrogen) atoms. The summed E-state index contributed by atoms with van der Waals surface area (Å²) >= 11 is 0. The predicted molar refractivity (Wildman–Crippen MR) is 85.5 cm³/mol. The molecule has 2 aromatic rings. The molecule has 0 aliphatic rings. The number of carbonyl (C=O) groups is 2. The fourth-order valence-electron chi connectivity index (χ4n) is 2.29. The van der Waals surface area contributed by atoms with Gasteiger partial charge in [0.1, 0.15) is 17.5 Å². The number of rotatable bonds is 6. The largest absolute Gasteiger partial charge is 0.508 e. The van der Waals surface area contributed by atoms with Crippen LogP contribution < -0.4 is 10.8 Å². The second-order valence-electron chi connectivity index (χ2n) is 5.24. The maximum Gasteiger partial charge on any atom is 0.266 e. The van der Waals surface area contributed by atoms with E-state index in [0.717, 1.165) is 5.56 Å². The highest BCUT2D eigenvalue weighted by molar-refractivity contribution is 5.88. The average molecular weight is 330 g/mol. The van der Waals surface area contributed by atoms with E-state index in [1.807, 2.05) is 6.07 Å². The zero-order valence-corrected chi connectivity index (χ0v) is 12.8. The van der Waals surface area contributed by atoms with Crippen molar-refractivity contribution < 1.29 is 25.0 Å². The molecule has 0 aliphatic carbocycles. The topological polar surface area (TPSA) is 119 Å². The molecule has 126 valence electrons. The molecule has 0 aliphatic heterocycles. The van der Waals surface area contributed by atoms with Gasteiger partial charge in [-0.3, -0.25) is 14.8 Å². The Morgan fingerprint density at radius 2 is 1.58 bits per heavy atom. The lowest BCUT2D eigenvalue weighted by Gasteiger charge is -2.17. The average Bonchev–Trinajstić information content (AvgIpc) is 2.58. The van der Waals surface area contributed by atoms with E-state index in [-0.39, 0.29) is 29.9 Å². The Morgan fingerprint density at radius 1 is 0.958 bits per heavy atom. The molecule has 0 saturated heterocycles. The Morgan fingerprint density at radius 3 is 2.17 bits per heavy atom. The minimum Gasteiger partial charge on any atom is -0.508 e. The fourth-order valence-corrected chi connectivity index (χ4v) is 2.29. The van der Waals surface area contributed by atoms with Crippen LogP contribution in [-0.2, 0) is 22.4 Å². The number of phenols is 2. The van der Waals surface area contributed by atoms with Gasteiger partial charge in [0.05, 0.1) is 6.42 Å². The molecule has 0 heterocycles. The van der Waals surface area contributed by atoms with Gasteiger partial charge in [-0.15, -0.1) is 0 Å². The van der Waals surface area contributed by atoms with Crippen LogP contribution in [0.25, 0.3) is 0 Å². The van der Waals surface area contributed by atoms with Gasteiger partial charge in [0.2, 0.25) is 5.91 Å². The molecule has 0 radical (unpaired) electrons. The SMILES string of the molecule is O=C(Cc1c(O)cccc1O)NC(Cc1ccccc1)C(=O)NO. The van der Waals surface area contributed by atoms with Crippen molar-refractivity contribution in [1.29, 1.82) is 0 Å². The summed E-state index contributed by atoms with van der Waals surface area (Å²) in [5, 5.41) is 30.7. The predicted octanol–water partition coefficient (Wildman–Crippen LogP) is 0.873. The number of carbonyl (C=O) groups excluding carboxylic acids is 2. The lowest BCUT2D eigenvalue weighted by Crippen LogP contribution is -2.47. The van der Waals surface area contributed by atoms with Crippen molar-refractivity contribution in [2.75, 3.05) is 0 Å². The summed E-state index contributed by atoms with van der Waals surface area (Å²) in [4.78, 5) is 23.9. The summed E-state index contributed by atoms with van der Waals surface area (Å²) in [6.07, 6.45) is -0.117. The number of nitrogens with one attached hydrogen (secondary N) is 2. The summed E-state index contributed by atoms with van der Waals surface area (Å²) in [5.41, 5.74) is 2.39. The standard InChI is InChI=1S/C17H18N2O5/c20-14-7-4-8-15(21)12(14)10-16(22)18-13(17(23)19-24)9-11-5-2-1-3-6-11/h1-8,13,20-21,24H,9-10H2,(H,18,22)(H,19,23). The number of benzene rings is 2. The van der Waals surface area contributed by atoms with Crippen LogP contribution in [-0.4, -0.2) is 33.3 Å². The molecule has 2 amide bonds. The number of aromatic hydroxyl groups is 2. The second-order valence-corrected chi connectivity index (χ2v) is 5.24. The lowest BCUT2D eigenvalue weighted by atomic mass is 10.0. The van der Waals surface area contributed by atoms with Gasteiger partial charge in [0, 0.05) is 12.0 Å². The molecule has 0 fully saturated rings. The van der Waals surface area contributed by atoms with Crippen LogP contribution in [0.5, 0.6) is 11.5 Å². The smallest absolute Gasteiger partial charge is 0.266 e. The van der Waals surface area contributed by atoms with Gasteiger partial charge >= 0.3 is 0 Å². The number of hydrogen-bond donors (Lipinski definition) is 5. The van der Waals surface area contributed by atoms with Gasteiger partial charge in [-0.1, -0.05) is 36.4 Å². The van der Waals surface area contributed by atoms with Gasteiger partial charge in [-0.05, 0) is 17.7 Å². The Hall–Kier alpha value is -3.06. The molecule has 0 bridgehead atoms. The molecule has 1 atom stereocenters.